The molecule has 1 aromatic rings. The van der Waals surface area contributed by atoms with Crippen molar-refractivity contribution in [3.8, 4) is 0 Å². The Kier molecular flexibility index (Phi) is 2.59. The van der Waals surface area contributed by atoms with Crippen LogP contribution in [-0.4, -0.2) is 27.6 Å². The van der Waals surface area contributed by atoms with E-state index in [9.17, 15) is 0 Å². The van der Waals surface area contributed by atoms with Crippen LogP contribution in [0.4, 0.5) is 0 Å². The lowest BCUT2D eigenvalue weighted by Gasteiger charge is -2.22. The molecule has 1 aliphatic rings. The molecule has 13 heavy (non-hydrogen) atoms. The Bertz CT molecular complexity index is 262. The van der Waals surface area contributed by atoms with E-state index in [-0.39, 0.29) is 0 Å². The standard InChI is InChI=1S/C9H16N4/c1-8-6-13(12-11-8)7-9-4-2-3-5-10-9/h6,9-10H,2-5,7H2,1H3. The van der Waals surface area contributed by atoms with Gasteiger partial charge in [0.15, 0.2) is 0 Å². The second kappa shape index (κ2) is 3.87. The number of hydrogen-bond donors (Lipinski definition) is 1. The summed E-state index contributed by atoms with van der Waals surface area (Å²) >= 11 is 0. The molecule has 1 fully saturated rings. The van der Waals surface area contributed by atoms with Gasteiger partial charge in [-0.1, -0.05) is 11.6 Å². The topological polar surface area (TPSA) is 42.7 Å². The molecule has 0 aliphatic carbocycles. The lowest BCUT2D eigenvalue weighted by molar-refractivity contribution is 0.348. The van der Waals surface area contributed by atoms with Crippen LogP contribution in [0.25, 0.3) is 0 Å². The minimum Gasteiger partial charge on any atom is -0.312 e. The maximum atomic E-state index is 4.04. The third kappa shape index (κ3) is 2.28. The fourth-order valence-electron chi connectivity index (χ4n) is 1.79. The van der Waals surface area contributed by atoms with Crippen LogP contribution in [-0.2, 0) is 6.54 Å². The molecule has 4 nitrogen and oxygen atoms in total. The largest absolute Gasteiger partial charge is 0.312 e. The Morgan fingerprint density at radius 1 is 1.62 bits per heavy atom. The number of hydrogen-bond acceptors (Lipinski definition) is 3. The van der Waals surface area contributed by atoms with Gasteiger partial charge in [0.2, 0.25) is 0 Å². The third-order valence-electron chi connectivity index (χ3n) is 2.47. The smallest absolute Gasteiger partial charge is 0.0796 e. The van der Waals surface area contributed by atoms with Crippen LogP contribution >= 0.6 is 0 Å². The quantitative estimate of drug-likeness (QED) is 0.729. The number of aryl methyl sites for hydroxylation is 1. The molecule has 0 aromatic carbocycles. The van der Waals surface area contributed by atoms with Gasteiger partial charge in [-0.05, 0) is 26.3 Å². The van der Waals surface area contributed by atoms with Gasteiger partial charge < -0.3 is 5.32 Å². The predicted octanol–water partition coefficient (Wildman–Crippen LogP) is 0.729. The van der Waals surface area contributed by atoms with Gasteiger partial charge in [0.25, 0.3) is 0 Å². The second-order valence-electron chi connectivity index (χ2n) is 3.73. The first-order chi connectivity index (χ1) is 6.34. The van der Waals surface area contributed by atoms with Gasteiger partial charge >= 0.3 is 0 Å². The Labute approximate surface area is 78.3 Å². The molecule has 2 heterocycles. The number of aromatic nitrogens is 3. The summed E-state index contributed by atoms with van der Waals surface area (Å²) < 4.78 is 1.93. The maximum absolute atomic E-state index is 4.04. The van der Waals surface area contributed by atoms with E-state index < -0.39 is 0 Å². The Morgan fingerprint density at radius 3 is 3.15 bits per heavy atom. The highest BCUT2D eigenvalue weighted by atomic mass is 15.4. The van der Waals surface area contributed by atoms with Crippen molar-refractivity contribution in [2.45, 2.75) is 38.8 Å². The normalized spacial score (nSPS) is 23.3. The number of rotatable bonds is 2. The molecule has 2 rings (SSSR count). The average molecular weight is 180 g/mol. The van der Waals surface area contributed by atoms with Crippen molar-refractivity contribution in [2.24, 2.45) is 0 Å². The summed E-state index contributed by atoms with van der Waals surface area (Å²) in [7, 11) is 0. The van der Waals surface area contributed by atoms with E-state index in [1.165, 1.54) is 19.3 Å². The molecule has 1 N–H and O–H groups in total. The summed E-state index contributed by atoms with van der Waals surface area (Å²) in [5, 5.41) is 11.5. The first kappa shape index (κ1) is 8.69. The van der Waals surface area contributed by atoms with Gasteiger partial charge in [-0.3, -0.25) is 4.68 Å². The van der Waals surface area contributed by atoms with Crippen molar-refractivity contribution in [2.75, 3.05) is 6.54 Å². The lowest BCUT2D eigenvalue weighted by Crippen LogP contribution is -2.37. The van der Waals surface area contributed by atoms with E-state index >= 15 is 0 Å². The van der Waals surface area contributed by atoms with Crippen molar-refractivity contribution in [1.82, 2.24) is 20.3 Å². The predicted molar refractivity (Wildman–Crippen MR) is 50.4 cm³/mol. The van der Waals surface area contributed by atoms with Crippen LogP contribution < -0.4 is 5.32 Å². The summed E-state index contributed by atoms with van der Waals surface area (Å²) in [6, 6.07) is 0.592. The van der Waals surface area contributed by atoms with Crippen molar-refractivity contribution in [1.29, 1.82) is 0 Å². The molecule has 4 heteroatoms. The lowest BCUT2D eigenvalue weighted by atomic mass is 10.1. The van der Waals surface area contributed by atoms with Crippen LogP contribution in [0, 0.1) is 6.92 Å². The monoisotopic (exact) mass is 180 g/mol. The molecule has 72 valence electrons. The molecule has 1 aliphatic heterocycles. The highest BCUT2D eigenvalue weighted by molar-refractivity contribution is 4.87. The van der Waals surface area contributed by atoms with Crippen LogP contribution in [0.15, 0.2) is 6.20 Å². The first-order valence-electron chi connectivity index (χ1n) is 4.95. The fraction of sp³-hybridized carbons (Fsp3) is 0.778. The molecular weight excluding hydrogens is 164 g/mol. The van der Waals surface area contributed by atoms with Crippen molar-refractivity contribution in [3.05, 3.63) is 11.9 Å². The zero-order valence-electron chi connectivity index (χ0n) is 8.03. The van der Waals surface area contributed by atoms with Gasteiger partial charge in [-0.2, -0.15) is 0 Å². The average Bonchev–Trinajstić information content (AvgIpc) is 2.53. The Balaban J connectivity index is 1.89. The summed E-state index contributed by atoms with van der Waals surface area (Å²) in [4.78, 5) is 0. The first-order valence-corrected chi connectivity index (χ1v) is 4.95. The summed E-state index contributed by atoms with van der Waals surface area (Å²) in [6.45, 7) is 4.08. The van der Waals surface area contributed by atoms with E-state index in [1.807, 2.05) is 17.8 Å². The molecule has 0 bridgehead atoms. The Hall–Kier alpha value is -0.900. The van der Waals surface area contributed by atoms with E-state index in [0.717, 1.165) is 18.8 Å². The summed E-state index contributed by atoms with van der Waals surface area (Å²) in [5.74, 6) is 0. The van der Waals surface area contributed by atoms with Crippen LogP contribution in [0.3, 0.4) is 0 Å². The molecule has 0 radical (unpaired) electrons. The van der Waals surface area contributed by atoms with Gasteiger partial charge in [-0.15, -0.1) is 5.10 Å². The number of piperidine rings is 1. The molecular formula is C9H16N4. The summed E-state index contributed by atoms with van der Waals surface area (Å²) in [5.41, 5.74) is 0.996. The van der Waals surface area contributed by atoms with Crippen LogP contribution in [0.2, 0.25) is 0 Å². The molecule has 0 amide bonds. The van der Waals surface area contributed by atoms with E-state index in [1.54, 1.807) is 0 Å². The molecule has 1 unspecified atom stereocenters. The van der Waals surface area contributed by atoms with Gasteiger partial charge in [0.05, 0.1) is 12.2 Å². The molecule has 0 spiro atoms. The highest BCUT2D eigenvalue weighted by Crippen LogP contribution is 2.08. The van der Waals surface area contributed by atoms with Gasteiger partial charge in [0.1, 0.15) is 0 Å². The number of nitrogens with one attached hydrogen (secondary N) is 1. The molecule has 0 saturated carbocycles. The van der Waals surface area contributed by atoms with Gasteiger partial charge in [0, 0.05) is 12.2 Å². The van der Waals surface area contributed by atoms with E-state index in [2.05, 4.69) is 15.6 Å². The zero-order valence-corrected chi connectivity index (χ0v) is 8.03. The van der Waals surface area contributed by atoms with Crippen LogP contribution in [0.1, 0.15) is 25.0 Å². The zero-order chi connectivity index (χ0) is 9.10. The van der Waals surface area contributed by atoms with Crippen molar-refractivity contribution in [3.63, 3.8) is 0 Å². The van der Waals surface area contributed by atoms with E-state index in [0.29, 0.717) is 6.04 Å². The SMILES string of the molecule is Cc1cn(CC2CCCCN2)nn1. The van der Waals surface area contributed by atoms with Crippen molar-refractivity contribution < 1.29 is 0 Å². The minimum atomic E-state index is 0.592. The minimum absolute atomic E-state index is 0.592. The van der Waals surface area contributed by atoms with Gasteiger partial charge in [-0.25, -0.2) is 0 Å². The fourth-order valence-corrected chi connectivity index (χ4v) is 1.79. The summed E-state index contributed by atoms with van der Waals surface area (Å²) in [6.07, 6.45) is 5.91. The van der Waals surface area contributed by atoms with E-state index in [4.69, 9.17) is 0 Å². The number of nitrogens with zero attached hydrogens (tertiary/aromatic N) is 3. The van der Waals surface area contributed by atoms with Crippen LogP contribution in [0.5, 0.6) is 0 Å². The maximum Gasteiger partial charge on any atom is 0.0796 e. The Morgan fingerprint density at radius 2 is 2.54 bits per heavy atom. The second-order valence-corrected chi connectivity index (χ2v) is 3.73. The third-order valence-corrected chi connectivity index (χ3v) is 2.47. The molecule has 1 aromatic heterocycles. The molecule has 1 saturated heterocycles. The van der Waals surface area contributed by atoms with Crippen molar-refractivity contribution >= 4 is 0 Å². The molecule has 1 atom stereocenters. The highest BCUT2D eigenvalue weighted by Gasteiger charge is 2.13.